The van der Waals surface area contributed by atoms with Crippen molar-refractivity contribution in [2.45, 2.75) is 43.1 Å². The molecule has 0 radical (unpaired) electrons. The molecule has 1 unspecified atom stereocenters. The SMILES string of the molecule is [C-]#[N+]C[C@H]1CN(c2nc(SC)nc3c2COC(c2ccccc2C(F)(F)F)C3)CCN1C(=O)OCc1ccccc1. The van der Waals surface area contributed by atoms with E-state index in [1.165, 1.54) is 23.9 Å². The summed E-state index contributed by atoms with van der Waals surface area (Å²) >= 11 is 1.34. The van der Waals surface area contributed by atoms with Crippen LogP contribution in [0.2, 0.25) is 0 Å². The predicted molar refractivity (Wildman–Crippen MR) is 147 cm³/mol. The lowest BCUT2D eigenvalue weighted by Gasteiger charge is -2.40. The Morgan fingerprint density at radius 3 is 2.63 bits per heavy atom. The second-order valence-electron chi connectivity index (χ2n) is 9.72. The Balaban J connectivity index is 1.36. The van der Waals surface area contributed by atoms with Gasteiger partial charge in [0.15, 0.2) is 5.16 Å². The number of hydrogen-bond acceptors (Lipinski definition) is 7. The Labute approximate surface area is 240 Å². The molecule has 0 saturated carbocycles. The average Bonchev–Trinajstić information content (AvgIpc) is 2.99. The molecule has 8 nitrogen and oxygen atoms in total. The van der Waals surface area contributed by atoms with Crippen LogP contribution in [0, 0.1) is 6.57 Å². The summed E-state index contributed by atoms with van der Waals surface area (Å²) in [4.78, 5) is 29.5. The number of nitrogens with zero attached hydrogens (tertiary/aromatic N) is 5. The van der Waals surface area contributed by atoms with E-state index in [1.54, 1.807) is 11.0 Å². The van der Waals surface area contributed by atoms with Crippen molar-refractivity contribution in [3.63, 3.8) is 0 Å². The summed E-state index contributed by atoms with van der Waals surface area (Å²) in [5, 5.41) is 0.495. The van der Waals surface area contributed by atoms with Crippen molar-refractivity contribution in [1.82, 2.24) is 14.9 Å². The van der Waals surface area contributed by atoms with Gasteiger partial charge in [-0.1, -0.05) is 60.3 Å². The minimum absolute atomic E-state index is 0.0446. The highest BCUT2D eigenvalue weighted by Crippen LogP contribution is 2.40. The van der Waals surface area contributed by atoms with E-state index in [0.717, 1.165) is 11.6 Å². The summed E-state index contributed by atoms with van der Waals surface area (Å²) in [5.74, 6) is 0.620. The van der Waals surface area contributed by atoms with Crippen LogP contribution < -0.4 is 4.90 Å². The van der Waals surface area contributed by atoms with Gasteiger partial charge >= 0.3 is 12.3 Å². The molecule has 1 aromatic heterocycles. The van der Waals surface area contributed by atoms with Gasteiger partial charge < -0.3 is 19.2 Å². The fourth-order valence-electron chi connectivity index (χ4n) is 5.17. The summed E-state index contributed by atoms with van der Waals surface area (Å²) in [6, 6.07) is 14.4. The molecule has 2 aromatic carbocycles. The summed E-state index contributed by atoms with van der Waals surface area (Å²) < 4.78 is 52.6. The minimum atomic E-state index is -4.50. The van der Waals surface area contributed by atoms with Gasteiger partial charge in [-0.2, -0.15) is 13.2 Å². The van der Waals surface area contributed by atoms with E-state index in [9.17, 15) is 18.0 Å². The van der Waals surface area contributed by atoms with Crippen molar-refractivity contribution in [1.29, 1.82) is 0 Å². The standard InChI is InChI=1S/C29H28F3N5O3S/c1-33-15-20-16-36(12-13-37(20)28(38)40-17-19-8-4-3-5-9-19)26-22-18-39-25(14-24(22)34-27(35-26)41-2)21-10-6-7-11-23(21)29(30,31)32/h3-11,20,25H,12-18H2,2H3/t20-,25?/m0/s1. The van der Waals surface area contributed by atoms with Crippen LogP contribution >= 0.6 is 11.8 Å². The van der Waals surface area contributed by atoms with Gasteiger partial charge in [0.1, 0.15) is 18.5 Å². The quantitative estimate of drug-likeness (QED) is 0.207. The fraction of sp³-hybridized carbons (Fsp3) is 0.379. The lowest BCUT2D eigenvalue weighted by atomic mass is 9.95. The van der Waals surface area contributed by atoms with Crippen LogP contribution in [0.3, 0.4) is 0 Å². The highest BCUT2D eigenvalue weighted by molar-refractivity contribution is 7.98. The van der Waals surface area contributed by atoms with Gasteiger partial charge in [-0.3, -0.25) is 4.90 Å². The molecule has 3 heterocycles. The monoisotopic (exact) mass is 583 g/mol. The van der Waals surface area contributed by atoms with E-state index in [1.807, 2.05) is 41.5 Å². The fourth-order valence-corrected chi connectivity index (χ4v) is 5.55. The molecule has 1 fully saturated rings. The Hall–Kier alpha value is -3.82. The van der Waals surface area contributed by atoms with Crippen LogP contribution in [0.15, 0.2) is 59.8 Å². The number of anilines is 1. The van der Waals surface area contributed by atoms with Gasteiger partial charge in [-0.15, -0.1) is 0 Å². The van der Waals surface area contributed by atoms with Gasteiger partial charge in [-0.25, -0.2) is 21.3 Å². The molecule has 0 bridgehead atoms. The minimum Gasteiger partial charge on any atom is -0.445 e. The van der Waals surface area contributed by atoms with Crippen LogP contribution in [0.4, 0.5) is 23.8 Å². The number of thioether (sulfide) groups is 1. The topological polar surface area (TPSA) is 72.2 Å². The van der Waals surface area contributed by atoms with E-state index in [4.69, 9.17) is 21.0 Å². The molecule has 0 N–H and O–H groups in total. The maximum absolute atomic E-state index is 13.7. The molecule has 2 aliphatic rings. The van der Waals surface area contributed by atoms with Crippen molar-refractivity contribution >= 4 is 23.7 Å². The van der Waals surface area contributed by atoms with Crippen molar-refractivity contribution < 1.29 is 27.4 Å². The maximum Gasteiger partial charge on any atom is 0.416 e. The van der Waals surface area contributed by atoms with Gasteiger partial charge in [0, 0.05) is 31.6 Å². The largest absolute Gasteiger partial charge is 0.445 e. The number of fused-ring (bicyclic) bond motifs is 1. The molecule has 2 atom stereocenters. The molecule has 3 aromatic rings. The Bertz CT molecular complexity index is 1430. The molecule has 0 aliphatic carbocycles. The molecule has 214 valence electrons. The molecular formula is C29H28F3N5O3S. The first-order valence-electron chi connectivity index (χ1n) is 13.1. The van der Waals surface area contributed by atoms with Gasteiger partial charge in [0.05, 0.1) is 24.0 Å². The number of piperazine rings is 1. The number of aromatic nitrogens is 2. The molecular weight excluding hydrogens is 555 g/mol. The first-order chi connectivity index (χ1) is 19.8. The number of carbonyl (C=O) groups excluding carboxylic acids is 1. The second kappa shape index (κ2) is 12.4. The average molecular weight is 584 g/mol. The zero-order valence-electron chi connectivity index (χ0n) is 22.3. The Morgan fingerprint density at radius 2 is 1.90 bits per heavy atom. The molecule has 1 saturated heterocycles. The van der Waals surface area contributed by atoms with Crippen molar-refractivity contribution in [3.05, 3.63) is 94.0 Å². The zero-order chi connectivity index (χ0) is 29.0. The third-order valence-electron chi connectivity index (χ3n) is 7.18. The Morgan fingerprint density at radius 1 is 1.15 bits per heavy atom. The van der Waals surface area contributed by atoms with Crippen LogP contribution in [0.25, 0.3) is 4.85 Å². The van der Waals surface area contributed by atoms with Gasteiger partial charge in [0.2, 0.25) is 6.54 Å². The second-order valence-corrected chi connectivity index (χ2v) is 10.5. The maximum atomic E-state index is 13.7. The highest BCUT2D eigenvalue weighted by atomic mass is 32.2. The van der Waals surface area contributed by atoms with Crippen LogP contribution in [-0.2, 0) is 35.3 Å². The lowest BCUT2D eigenvalue weighted by Crippen LogP contribution is -2.57. The number of ether oxygens (including phenoxy) is 2. The third-order valence-corrected chi connectivity index (χ3v) is 7.73. The van der Waals surface area contributed by atoms with E-state index in [0.29, 0.717) is 41.9 Å². The number of rotatable bonds is 6. The van der Waals surface area contributed by atoms with Crippen LogP contribution in [0.1, 0.15) is 34.1 Å². The number of amides is 1. The lowest BCUT2D eigenvalue weighted by molar-refractivity contribution is -0.139. The van der Waals surface area contributed by atoms with Crippen molar-refractivity contribution in [2.75, 3.05) is 37.3 Å². The number of carbonyl (C=O) groups is 1. The van der Waals surface area contributed by atoms with Crippen molar-refractivity contribution in [2.24, 2.45) is 0 Å². The van der Waals surface area contributed by atoms with E-state index in [-0.39, 0.29) is 31.7 Å². The van der Waals surface area contributed by atoms with E-state index in [2.05, 4.69) is 9.83 Å². The number of alkyl halides is 3. The predicted octanol–water partition coefficient (Wildman–Crippen LogP) is 5.78. The van der Waals surface area contributed by atoms with E-state index < -0.39 is 30.0 Å². The molecule has 5 rings (SSSR count). The van der Waals surface area contributed by atoms with Crippen LogP contribution in [-0.4, -0.2) is 59.4 Å². The number of hydrogen-bond donors (Lipinski definition) is 0. The van der Waals surface area contributed by atoms with E-state index >= 15 is 0 Å². The first kappa shape index (κ1) is 28.7. The first-order valence-corrected chi connectivity index (χ1v) is 14.3. The Kier molecular flexibility index (Phi) is 8.65. The zero-order valence-corrected chi connectivity index (χ0v) is 23.1. The summed E-state index contributed by atoms with van der Waals surface area (Å²) in [6.07, 6.45) is -3.77. The molecule has 0 spiro atoms. The number of benzene rings is 2. The molecule has 2 aliphatic heterocycles. The smallest absolute Gasteiger partial charge is 0.416 e. The highest BCUT2D eigenvalue weighted by Gasteiger charge is 2.39. The molecule has 12 heteroatoms. The van der Waals surface area contributed by atoms with Gasteiger partial charge in [0.25, 0.3) is 0 Å². The normalized spacial score (nSPS) is 18.9. The van der Waals surface area contributed by atoms with Crippen molar-refractivity contribution in [3.8, 4) is 0 Å². The third kappa shape index (κ3) is 6.41. The summed E-state index contributed by atoms with van der Waals surface area (Å²) in [6.45, 7) is 8.83. The number of halogens is 3. The summed E-state index contributed by atoms with van der Waals surface area (Å²) in [7, 11) is 0. The molecule has 1 amide bonds. The summed E-state index contributed by atoms with van der Waals surface area (Å²) in [5.41, 5.74) is 1.58. The van der Waals surface area contributed by atoms with Crippen LogP contribution in [0.5, 0.6) is 0 Å². The van der Waals surface area contributed by atoms with Gasteiger partial charge in [-0.05, 0) is 23.4 Å². The molecule has 41 heavy (non-hydrogen) atoms.